The third kappa shape index (κ3) is 2.00. The monoisotopic (exact) mass is 168 g/mol. The van der Waals surface area contributed by atoms with Crippen molar-refractivity contribution in [2.75, 3.05) is 6.61 Å². The van der Waals surface area contributed by atoms with Gasteiger partial charge < -0.3 is 4.74 Å². The van der Waals surface area contributed by atoms with Crippen LogP contribution < -0.4 is 0 Å². The van der Waals surface area contributed by atoms with Crippen LogP contribution >= 0.6 is 11.3 Å². The molecule has 11 heavy (non-hydrogen) atoms. The van der Waals surface area contributed by atoms with Crippen LogP contribution in [-0.4, -0.2) is 11.6 Å². The zero-order valence-corrected chi connectivity index (χ0v) is 6.97. The average molecular weight is 168 g/mol. The second kappa shape index (κ2) is 4.06. The molecule has 4 heteroatoms. The molecule has 0 spiro atoms. The number of nitriles is 1. The average Bonchev–Trinajstić information content (AvgIpc) is 2.52. The highest BCUT2D eigenvalue weighted by molar-refractivity contribution is 7.09. The molecule has 0 aliphatic carbocycles. The van der Waals surface area contributed by atoms with Crippen molar-refractivity contribution in [3.63, 3.8) is 0 Å². The predicted octanol–water partition coefficient (Wildman–Crippen LogP) is 1.74. The van der Waals surface area contributed by atoms with E-state index in [2.05, 4.69) is 4.98 Å². The van der Waals surface area contributed by atoms with Crippen LogP contribution in [0.2, 0.25) is 0 Å². The molecule has 1 atom stereocenters. The molecule has 1 heterocycles. The largest absolute Gasteiger partial charge is 0.356 e. The Hall–Kier alpha value is -0.920. The maximum atomic E-state index is 8.62. The van der Waals surface area contributed by atoms with Crippen molar-refractivity contribution >= 4 is 11.3 Å². The van der Waals surface area contributed by atoms with Gasteiger partial charge in [-0.3, -0.25) is 0 Å². The van der Waals surface area contributed by atoms with E-state index >= 15 is 0 Å². The van der Waals surface area contributed by atoms with Gasteiger partial charge in [-0.2, -0.15) is 5.26 Å². The van der Waals surface area contributed by atoms with Crippen LogP contribution in [0.1, 0.15) is 18.0 Å². The molecular formula is C7H8N2OS. The quantitative estimate of drug-likeness (QED) is 0.690. The van der Waals surface area contributed by atoms with Gasteiger partial charge in [0.1, 0.15) is 11.1 Å². The van der Waals surface area contributed by atoms with Crippen LogP contribution in [0.4, 0.5) is 0 Å². The van der Waals surface area contributed by atoms with Crippen molar-refractivity contribution in [2.45, 2.75) is 13.0 Å². The van der Waals surface area contributed by atoms with Gasteiger partial charge >= 0.3 is 0 Å². The molecular weight excluding hydrogens is 160 g/mol. The molecule has 0 aromatic carbocycles. The summed E-state index contributed by atoms with van der Waals surface area (Å²) in [6.07, 6.45) is 1.18. The number of ether oxygens (including phenoxy) is 1. The topological polar surface area (TPSA) is 45.9 Å². The second-order valence-electron chi connectivity index (χ2n) is 1.83. The second-order valence-corrected chi connectivity index (χ2v) is 2.76. The van der Waals surface area contributed by atoms with Crippen LogP contribution in [0.5, 0.6) is 0 Å². The third-order valence-corrected chi connectivity index (χ3v) is 1.95. The molecule has 0 radical (unpaired) electrons. The minimum Gasteiger partial charge on any atom is -0.356 e. The number of hydrogen-bond acceptors (Lipinski definition) is 4. The molecule has 1 unspecified atom stereocenters. The number of nitrogens with zero attached hydrogens (tertiary/aromatic N) is 2. The van der Waals surface area contributed by atoms with Crippen molar-refractivity contribution in [1.29, 1.82) is 5.26 Å². The highest BCUT2D eigenvalue weighted by atomic mass is 32.1. The van der Waals surface area contributed by atoms with Crippen LogP contribution in [0.3, 0.4) is 0 Å². The van der Waals surface area contributed by atoms with Gasteiger partial charge in [-0.1, -0.05) is 0 Å². The van der Waals surface area contributed by atoms with E-state index in [9.17, 15) is 0 Å². The lowest BCUT2D eigenvalue weighted by Crippen LogP contribution is -2.00. The normalized spacial score (nSPS) is 12.4. The van der Waals surface area contributed by atoms with Gasteiger partial charge in [-0.05, 0) is 6.92 Å². The lowest BCUT2D eigenvalue weighted by Gasteiger charge is -2.03. The molecule has 1 rings (SSSR count). The Morgan fingerprint density at radius 2 is 2.73 bits per heavy atom. The van der Waals surface area contributed by atoms with Gasteiger partial charge in [-0.25, -0.2) is 4.98 Å². The number of aromatic nitrogens is 1. The van der Waals surface area contributed by atoms with Gasteiger partial charge in [0.15, 0.2) is 6.10 Å². The highest BCUT2D eigenvalue weighted by Gasteiger charge is 2.11. The number of thiazole rings is 1. The van der Waals surface area contributed by atoms with E-state index in [0.29, 0.717) is 6.61 Å². The summed E-state index contributed by atoms with van der Waals surface area (Å²) in [5.74, 6) is 0. The van der Waals surface area contributed by atoms with E-state index < -0.39 is 6.10 Å². The van der Waals surface area contributed by atoms with Gasteiger partial charge in [0.2, 0.25) is 0 Å². The lowest BCUT2D eigenvalue weighted by atomic mass is 10.4. The van der Waals surface area contributed by atoms with Gasteiger partial charge in [0.05, 0.1) is 0 Å². The van der Waals surface area contributed by atoms with Crippen molar-refractivity contribution in [1.82, 2.24) is 4.98 Å². The standard InChI is InChI=1S/C7H8N2OS/c1-2-10-6(5-8)7-9-3-4-11-7/h3-4,6H,2H2,1H3. The predicted molar refractivity (Wildman–Crippen MR) is 42.1 cm³/mol. The van der Waals surface area contributed by atoms with Crippen molar-refractivity contribution in [3.8, 4) is 6.07 Å². The molecule has 58 valence electrons. The summed E-state index contributed by atoms with van der Waals surface area (Å²) < 4.78 is 5.12. The zero-order chi connectivity index (χ0) is 8.10. The minimum absolute atomic E-state index is 0.486. The van der Waals surface area contributed by atoms with E-state index in [1.807, 2.05) is 18.4 Å². The molecule has 0 saturated carbocycles. The molecule has 0 bridgehead atoms. The number of rotatable bonds is 3. The van der Waals surface area contributed by atoms with Crippen LogP contribution in [-0.2, 0) is 4.74 Å². The van der Waals surface area contributed by atoms with Gasteiger partial charge in [0.25, 0.3) is 0 Å². The first-order chi connectivity index (χ1) is 5.38. The Bertz CT molecular complexity index is 239. The van der Waals surface area contributed by atoms with Crippen LogP contribution in [0.15, 0.2) is 11.6 Å². The third-order valence-electron chi connectivity index (χ3n) is 1.13. The maximum absolute atomic E-state index is 8.62. The molecule has 1 aromatic heterocycles. The molecule has 0 fully saturated rings. The fourth-order valence-electron chi connectivity index (χ4n) is 0.694. The fraction of sp³-hybridized carbons (Fsp3) is 0.429. The first-order valence-corrected chi connectivity index (χ1v) is 4.17. The van der Waals surface area contributed by atoms with E-state index in [1.165, 1.54) is 11.3 Å². The van der Waals surface area contributed by atoms with E-state index in [0.717, 1.165) is 5.01 Å². The Morgan fingerprint density at radius 1 is 1.91 bits per heavy atom. The van der Waals surface area contributed by atoms with E-state index in [4.69, 9.17) is 10.00 Å². The summed E-state index contributed by atoms with van der Waals surface area (Å²) in [6, 6.07) is 2.03. The minimum atomic E-state index is -0.486. The van der Waals surface area contributed by atoms with Crippen LogP contribution in [0, 0.1) is 11.3 Å². The maximum Gasteiger partial charge on any atom is 0.195 e. The molecule has 3 nitrogen and oxygen atoms in total. The summed E-state index contributed by atoms with van der Waals surface area (Å²) >= 11 is 1.44. The van der Waals surface area contributed by atoms with E-state index in [-0.39, 0.29) is 0 Å². The van der Waals surface area contributed by atoms with Crippen molar-refractivity contribution in [3.05, 3.63) is 16.6 Å². The summed E-state index contributed by atoms with van der Waals surface area (Å²) in [7, 11) is 0. The zero-order valence-electron chi connectivity index (χ0n) is 6.15. The van der Waals surface area contributed by atoms with Crippen molar-refractivity contribution in [2.24, 2.45) is 0 Å². The summed E-state index contributed by atoms with van der Waals surface area (Å²) in [5.41, 5.74) is 0. The highest BCUT2D eigenvalue weighted by Crippen LogP contribution is 2.17. The Labute approximate surface area is 69.3 Å². The summed E-state index contributed by atoms with van der Waals surface area (Å²) in [5, 5.41) is 11.2. The first kappa shape index (κ1) is 8.18. The Kier molecular flexibility index (Phi) is 3.02. The molecule has 0 N–H and O–H groups in total. The van der Waals surface area contributed by atoms with Crippen LogP contribution in [0.25, 0.3) is 0 Å². The molecule has 0 saturated heterocycles. The molecule has 0 amide bonds. The lowest BCUT2D eigenvalue weighted by molar-refractivity contribution is 0.102. The molecule has 0 aliphatic rings. The first-order valence-electron chi connectivity index (χ1n) is 3.29. The van der Waals surface area contributed by atoms with Gasteiger partial charge in [-0.15, -0.1) is 11.3 Å². The van der Waals surface area contributed by atoms with Crippen molar-refractivity contribution < 1.29 is 4.74 Å². The Morgan fingerprint density at radius 3 is 3.18 bits per heavy atom. The summed E-state index contributed by atoms with van der Waals surface area (Å²) in [4.78, 5) is 3.98. The molecule has 1 aromatic rings. The molecule has 0 aliphatic heterocycles. The Balaban J connectivity index is 2.65. The van der Waals surface area contributed by atoms with Gasteiger partial charge in [0, 0.05) is 18.2 Å². The number of hydrogen-bond donors (Lipinski definition) is 0. The summed E-state index contributed by atoms with van der Waals surface area (Å²) in [6.45, 7) is 2.40. The SMILES string of the molecule is CCOC(C#N)c1nccs1. The smallest absolute Gasteiger partial charge is 0.195 e. The van der Waals surface area contributed by atoms with E-state index in [1.54, 1.807) is 6.20 Å². The fourth-order valence-corrected chi connectivity index (χ4v) is 1.32.